The van der Waals surface area contributed by atoms with Gasteiger partial charge in [-0.2, -0.15) is 0 Å². The van der Waals surface area contributed by atoms with Crippen LogP contribution < -0.4 is 16.2 Å². The lowest BCUT2D eigenvalue weighted by Crippen LogP contribution is -2.36. The van der Waals surface area contributed by atoms with Gasteiger partial charge in [0, 0.05) is 25.1 Å². The monoisotopic (exact) mass is 279 g/mol. The fourth-order valence-electron chi connectivity index (χ4n) is 2.38. The molecule has 6 heteroatoms. The van der Waals surface area contributed by atoms with E-state index in [9.17, 15) is 14.0 Å². The summed E-state index contributed by atoms with van der Waals surface area (Å²) in [6.45, 7) is 0.493. The third-order valence-corrected chi connectivity index (χ3v) is 3.44. The number of amides is 2. The zero-order valence-corrected chi connectivity index (χ0v) is 11.2. The molecule has 0 bridgehead atoms. The van der Waals surface area contributed by atoms with E-state index in [2.05, 4.69) is 5.43 Å². The van der Waals surface area contributed by atoms with Gasteiger partial charge in [-0.15, -0.1) is 0 Å². The molecule has 0 unspecified atom stereocenters. The van der Waals surface area contributed by atoms with Gasteiger partial charge in [0.25, 0.3) is 0 Å². The van der Waals surface area contributed by atoms with Crippen molar-refractivity contribution in [2.24, 2.45) is 5.84 Å². The van der Waals surface area contributed by atoms with E-state index < -0.39 is 0 Å². The fraction of sp³-hybridized carbons (Fsp3) is 0.429. The van der Waals surface area contributed by atoms with Crippen molar-refractivity contribution < 1.29 is 14.0 Å². The summed E-state index contributed by atoms with van der Waals surface area (Å²) in [5, 5.41) is 0. The number of hydrazine groups is 1. The number of halogens is 1. The van der Waals surface area contributed by atoms with Crippen LogP contribution in [0, 0.1) is 5.82 Å². The molecule has 0 spiro atoms. The predicted molar refractivity (Wildman–Crippen MR) is 73.3 cm³/mol. The predicted octanol–water partition coefficient (Wildman–Crippen LogP) is 1.27. The highest BCUT2D eigenvalue weighted by atomic mass is 19.1. The first-order chi connectivity index (χ1) is 9.61. The molecule has 1 heterocycles. The van der Waals surface area contributed by atoms with Gasteiger partial charge in [0.2, 0.25) is 11.8 Å². The normalized spacial score (nSPS) is 14.1. The maximum atomic E-state index is 13.3. The molecule has 3 N–H and O–H groups in total. The summed E-state index contributed by atoms with van der Waals surface area (Å²) in [4.78, 5) is 24.6. The summed E-state index contributed by atoms with van der Waals surface area (Å²) in [6, 6.07) is 4.54. The van der Waals surface area contributed by atoms with Crippen molar-refractivity contribution in [3.05, 3.63) is 29.6 Å². The number of nitrogens with zero attached hydrogens (tertiary/aromatic N) is 1. The average Bonchev–Trinajstić information content (AvgIpc) is 2.45. The molecule has 0 atom stereocenters. The standard InChI is InChI=1S/C14H18FN3O2/c15-11-6-4-10-5-7-14(20)18(12(10)9-11)8-2-1-3-13(19)17-16/h4,6,9H,1-3,5,7-8,16H2,(H,17,19). The lowest BCUT2D eigenvalue weighted by atomic mass is 10.0. The molecule has 0 aliphatic carbocycles. The number of hydrogen-bond acceptors (Lipinski definition) is 3. The highest BCUT2D eigenvalue weighted by molar-refractivity contribution is 5.96. The summed E-state index contributed by atoms with van der Waals surface area (Å²) < 4.78 is 13.3. The number of aryl methyl sites for hydroxylation is 1. The summed E-state index contributed by atoms with van der Waals surface area (Å²) in [6.07, 6.45) is 2.74. The Morgan fingerprint density at radius 3 is 2.90 bits per heavy atom. The molecule has 1 aliphatic rings. The fourth-order valence-corrected chi connectivity index (χ4v) is 2.38. The second-order valence-corrected chi connectivity index (χ2v) is 4.84. The minimum absolute atomic E-state index is 0.00590. The number of nitrogens with one attached hydrogen (secondary N) is 1. The van der Waals surface area contributed by atoms with Crippen molar-refractivity contribution >= 4 is 17.5 Å². The van der Waals surface area contributed by atoms with Gasteiger partial charge >= 0.3 is 0 Å². The Morgan fingerprint density at radius 1 is 1.35 bits per heavy atom. The maximum Gasteiger partial charge on any atom is 0.233 e. The van der Waals surface area contributed by atoms with E-state index in [1.807, 2.05) is 0 Å². The van der Waals surface area contributed by atoms with Crippen LogP contribution in [0.5, 0.6) is 0 Å². The molecular weight excluding hydrogens is 261 g/mol. The number of hydrogen-bond donors (Lipinski definition) is 2. The van der Waals surface area contributed by atoms with Gasteiger partial charge in [-0.25, -0.2) is 10.2 Å². The summed E-state index contributed by atoms with van der Waals surface area (Å²) in [5.41, 5.74) is 3.71. The molecule has 0 saturated heterocycles. The minimum atomic E-state index is -0.342. The first kappa shape index (κ1) is 14.5. The molecular formula is C14H18FN3O2. The number of carbonyl (C=O) groups excluding carboxylic acids is 2. The van der Waals surface area contributed by atoms with Crippen molar-refractivity contribution in [3.8, 4) is 0 Å². The Balaban J connectivity index is 1.99. The number of carbonyl (C=O) groups is 2. The van der Waals surface area contributed by atoms with Gasteiger partial charge in [0.15, 0.2) is 0 Å². The van der Waals surface area contributed by atoms with Crippen molar-refractivity contribution in [2.45, 2.75) is 32.1 Å². The van der Waals surface area contributed by atoms with Gasteiger partial charge in [0.05, 0.1) is 0 Å². The van der Waals surface area contributed by atoms with E-state index in [1.165, 1.54) is 12.1 Å². The largest absolute Gasteiger partial charge is 0.312 e. The van der Waals surface area contributed by atoms with Crippen LogP contribution >= 0.6 is 0 Å². The Bertz CT molecular complexity index is 519. The molecule has 1 aliphatic heterocycles. The van der Waals surface area contributed by atoms with Crippen LogP contribution in [0.25, 0.3) is 0 Å². The van der Waals surface area contributed by atoms with Crippen LogP contribution in [0.4, 0.5) is 10.1 Å². The Kier molecular flexibility index (Phi) is 4.68. The minimum Gasteiger partial charge on any atom is -0.312 e. The van der Waals surface area contributed by atoms with E-state index in [0.29, 0.717) is 44.3 Å². The van der Waals surface area contributed by atoms with Crippen LogP contribution in [0.3, 0.4) is 0 Å². The van der Waals surface area contributed by atoms with Crippen molar-refractivity contribution in [2.75, 3.05) is 11.4 Å². The van der Waals surface area contributed by atoms with Gasteiger partial charge in [-0.05, 0) is 37.0 Å². The van der Waals surface area contributed by atoms with Crippen LogP contribution in [0.1, 0.15) is 31.2 Å². The van der Waals surface area contributed by atoms with Crippen LogP contribution in [-0.2, 0) is 16.0 Å². The topological polar surface area (TPSA) is 75.4 Å². The van der Waals surface area contributed by atoms with E-state index in [1.54, 1.807) is 11.0 Å². The number of unbranched alkanes of at least 4 members (excludes halogenated alkanes) is 1. The van der Waals surface area contributed by atoms with E-state index in [4.69, 9.17) is 5.84 Å². The van der Waals surface area contributed by atoms with Gasteiger partial charge in [-0.1, -0.05) is 6.07 Å². The lowest BCUT2D eigenvalue weighted by molar-refractivity contribution is -0.121. The molecule has 1 aromatic rings. The highest BCUT2D eigenvalue weighted by Crippen LogP contribution is 2.28. The van der Waals surface area contributed by atoms with Crippen molar-refractivity contribution in [1.82, 2.24) is 5.43 Å². The van der Waals surface area contributed by atoms with Crippen LogP contribution in [0.15, 0.2) is 18.2 Å². The molecule has 108 valence electrons. The molecule has 0 radical (unpaired) electrons. The van der Waals surface area contributed by atoms with Crippen LogP contribution in [-0.4, -0.2) is 18.4 Å². The molecule has 20 heavy (non-hydrogen) atoms. The smallest absolute Gasteiger partial charge is 0.233 e. The summed E-state index contributed by atoms with van der Waals surface area (Å²) in [7, 11) is 0. The Morgan fingerprint density at radius 2 is 2.15 bits per heavy atom. The first-order valence-electron chi connectivity index (χ1n) is 6.70. The molecule has 0 fully saturated rings. The van der Waals surface area contributed by atoms with E-state index in [-0.39, 0.29) is 17.6 Å². The molecule has 2 amide bonds. The molecule has 0 saturated carbocycles. The Labute approximate surface area is 116 Å². The molecule has 1 aromatic carbocycles. The van der Waals surface area contributed by atoms with E-state index >= 15 is 0 Å². The highest BCUT2D eigenvalue weighted by Gasteiger charge is 2.23. The third-order valence-electron chi connectivity index (χ3n) is 3.44. The number of benzene rings is 1. The number of fused-ring (bicyclic) bond motifs is 1. The average molecular weight is 279 g/mol. The summed E-state index contributed by atoms with van der Waals surface area (Å²) >= 11 is 0. The second kappa shape index (κ2) is 6.47. The van der Waals surface area contributed by atoms with Gasteiger partial charge in [0.1, 0.15) is 5.82 Å². The second-order valence-electron chi connectivity index (χ2n) is 4.84. The van der Waals surface area contributed by atoms with Crippen LogP contribution in [0.2, 0.25) is 0 Å². The molecule has 2 rings (SSSR count). The lowest BCUT2D eigenvalue weighted by Gasteiger charge is -2.29. The van der Waals surface area contributed by atoms with Crippen molar-refractivity contribution in [1.29, 1.82) is 0 Å². The van der Waals surface area contributed by atoms with E-state index in [0.717, 1.165) is 5.56 Å². The first-order valence-corrected chi connectivity index (χ1v) is 6.70. The molecule has 0 aromatic heterocycles. The van der Waals surface area contributed by atoms with Gasteiger partial charge < -0.3 is 4.90 Å². The number of rotatable bonds is 5. The quantitative estimate of drug-likeness (QED) is 0.369. The zero-order valence-electron chi connectivity index (χ0n) is 11.2. The molecule has 5 nitrogen and oxygen atoms in total. The zero-order chi connectivity index (χ0) is 14.5. The van der Waals surface area contributed by atoms with Gasteiger partial charge in [-0.3, -0.25) is 15.0 Å². The third kappa shape index (κ3) is 3.33. The summed E-state index contributed by atoms with van der Waals surface area (Å²) in [5.74, 6) is 4.44. The SMILES string of the molecule is NNC(=O)CCCCN1C(=O)CCc2ccc(F)cc21. The number of anilines is 1. The van der Waals surface area contributed by atoms with Crippen molar-refractivity contribution in [3.63, 3.8) is 0 Å². The maximum absolute atomic E-state index is 13.3. The Hall–Kier alpha value is -1.95. The number of nitrogens with two attached hydrogens (primary N) is 1.